The van der Waals surface area contributed by atoms with Crippen molar-refractivity contribution in [1.29, 1.82) is 0 Å². The SMILES string of the molecule is CCc1ccc(S(=O)(=O)/N=C2/S/C(=C\c3ccc(Br)cc3)C(=O)N2CC)cc1. The molecule has 8 heteroatoms. The molecule has 146 valence electrons. The van der Waals surface area contributed by atoms with Crippen LogP contribution in [0.25, 0.3) is 6.08 Å². The van der Waals surface area contributed by atoms with E-state index in [2.05, 4.69) is 20.3 Å². The van der Waals surface area contributed by atoms with Gasteiger partial charge in [-0.25, -0.2) is 0 Å². The molecule has 2 aromatic carbocycles. The number of hydrogen-bond acceptors (Lipinski definition) is 4. The van der Waals surface area contributed by atoms with E-state index < -0.39 is 10.0 Å². The molecular formula is C20H19BrN2O3S2. The van der Waals surface area contributed by atoms with Crippen molar-refractivity contribution >= 4 is 54.9 Å². The molecule has 0 bridgehead atoms. The normalized spacial score (nSPS) is 17.7. The Morgan fingerprint density at radius 2 is 1.71 bits per heavy atom. The van der Waals surface area contributed by atoms with E-state index in [1.165, 1.54) is 4.90 Å². The van der Waals surface area contributed by atoms with Gasteiger partial charge in [0, 0.05) is 11.0 Å². The summed E-state index contributed by atoms with van der Waals surface area (Å²) in [7, 11) is -3.90. The Hall–Kier alpha value is -1.90. The van der Waals surface area contributed by atoms with Gasteiger partial charge in [-0.3, -0.25) is 9.69 Å². The van der Waals surface area contributed by atoms with Crippen molar-refractivity contribution < 1.29 is 13.2 Å². The van der Waals surface area contributed by atoms with Gasteiger partial charge in [0.25, 0.3) is 15.9 Å². The van der Waals surface area contributed by atoms with Gasteiger partial charge in [0.05, 0.1) is 9.80 Å². The first kappa shape index (κ1) is 20.8. The number of likely N-dealkylation sites (N-methyl/N-ethyl adjacent to an activating group) is 1. The van der Waals surface area contributed by atoms with E-state index in [1.54, 1.807) is 37.3 Å². The van der Waals surface area contributed by atoms with Gasteiger partial charge in [-0.05, 0) is 66.6 Å². The van der Waals surface area contributed by atoms with E-state index in [4.69, 9.17) is 0 Å². The predicted octanol–water partition coefficient (Wildman–Crippen LogP) is 4.69. The molecule has 3 rings (SSSR count). The van der Waals surface area contributed by atoms with Gasteiger partial charge in [0.2, 0.25) is 0 Å². The van der Waals surface area contributed by atoms with Gasteiger partial charge in [-0.1, -0.05) is 47.1 Å². The number of halogens is 1. The molecule has 0 spiro atoms. The Morgan fingerprint density at radius 1 is 1.07 bits per heavy atom. The zero-order chi connectivity index (χ0) is 20.3. The average Bonchev–Trinajstić information content (AvgIpc) is 2.97. The molecule has 1 amide bonds. The van der Waals surface area contributed by atoms with Crippen LogP contribution in [0.3, 0.4) is 0 Å². The highest BCUT2D eigenvalue weighted by molar-refractivity contribution is 9.10. The molecule has 1 fully saturated rings. The van der Waals surface area contributed by atoms with Crippen LogP contribution in [-0.4, -0.2) is 30.9 Å². The highest BCUT2D eigenvalue weighted by atomic mass is 79.9. The number of amidine groups is 1. The number of carbonyl (C=O) groups excluding carboxylic acids is 1. The maximum atomic E-state index is 12.7. The van der Waals surface area contributed by atoms with Gasteiger partial charge in [-0.2, -0.15) is 8.42 Å². The van der Waals surface area contributed by atoms with Gasteiger partial charge in [0.1, 0.15) is 0 Å². The Bertz CT molecular complexity index is 1040. The summed E-state index contributed by atoms with van der Waals surface area (Å²) in [6, 6.07) is 14.2. The minimum atomic E-state index is -3.90. The number of rotatable bonds is 5. The van der Waals surface area contributed by atoms with E-state index in [1.807, 2.05) is 31.2 Å². The van der Waals surface area contributed by atoms with Gasteiger partial charge in [0.15, 0.2) is 5.17 Å². The van der Waals surface area contributed by atoms with Gasteiger partial charge >= 0.3 is 0 Å². The molecule has 28 heavy (non-hydrogen) atoms. The van der Waals surface area contributed by atoms with Crippen molar-refractivity contribution in [1.82, 2.24) is 4.90 Å². The summed E-state index contributed by atoms with van der Waals surface area (Å²) in [6.45, 7) is 4.13. The molecule has 0 unspecified atom stereocenters. The monoisotopic (exact) mass is 478 g/mol. The largest absolute Gasteiger partial charge is 0.286 e. The Kier molecular flexibility index (Phi) is 6.42. The van der Waals surface area contributed by atoms with Crippen molar-refractivity contribution in [3.63, 3.8) is 0 Å². The quantitative estimate of drug-likeness (QED) is 0.584. The van der Waals surface area contributed by atoms with Crippen molar-refractivity contribution in [2.75, 3.05) is 6.54 Å². The molecular weight excluding hydrogens is 460 g/mol. The lowest BCUT2D eigenvalue weighted by Gasteiger charge is -2.12. The van der Waals surface area contributed by atoms with Crippen molar-refractivity contribution in [2.24, 2.45) is 4.40 Å². The molecule has 1 heterocycles. The fourth-order valence-corrected chi connectivity index (χ4v) is 5.13. The van der Waals surface area contributed by atoms with E-state index in [0.29, 0.717) is 11.4 Å². The van der Waals surface area contributed by atoms with Crippen LogP contribution >= 0.6 is 27.7 Å². The molecule has 1 aliphatic heterocycles. The van der Waals surface area contributed by atoms with E-state index in [0.717, 1.165) is 33.8 Å². The number of thioether (sulfide) groups is 1. The minimum Gasteiger partial charge on any atom is -0.286 e. The van der Waals surface area contributed by atoms with Crippen LogP contribution in [0.1, 0.15) is 25.0 Å². The zero-order valence-electron chi connectivity index (χ0n) is 15.4. The maximum Gasteiger partial charge on any atom is 0.284 e. The summed E-state index contributed by atoms with van der Waals surface area (Å²) in [5.41, 5.74) is 1.90. The van der Waals surface area contributed by atoms with Crippen LogP contribution in [-0.2, 0) is 21.2 Å². The van der Waals surface area contributed by atoms with Crippen LogP contribution in [0, 0.1) is 0 Å². The highest BCUT2D eigenvalue weighted by Gasteiger charge is 2.34. The second-order valence-corrected chi connectivity index (χ2v) is 9.59. The molecule has 1 aliphatic rings. The van der Waals surface area contributed by atoms with Crippen LogP contribution in [0.5, 0.6) is 0 Å². The van der Waals surface area contributed by atoms with E-state index in [-0.39, 0.29) is 16.0 Å². The van der Waals surface area contributed by atoms with Crippen molar-refractivity contribution in [2.45, 2.75) is 25.2 Å². The zero-order valence-corrected chi connectivity index (χ0v) is 18.6. The third-order valence-electron chi connectivity index (χ3n) is 4.20. The lowest BCUT2D eigenvalue weighted by atomic mass is 10.2. The van der Waals surface area contributed by atoms with Crippen LogP contribution in [0.15, 0.2) is 67.2 Å². The molecule has 0 N–H and O–H groups in total. The summed E-state index contributed by atoms with van der Waals surface area (Å²) in [5, 5.41) is 0.176. The Labute approximate surface area is 177 Å². The maximum absolute atomic E-state index is 12.7. The molecule has 0 aromatic heterocycles. The van der Waals surface area contributed by atoms with Crippen molar-refractivity contribution in [3.05, 3.63) is 69.0 Å². The molecule has 5 nitrogen and oxygen atoms in total. The number of amides is 1. The number of hydrogen-bond donors (Lipinski definition) is 0. The molecule has 0 atom stereocenters. The van der Waals surface area contributed by atoms with Crippen molar-refractivity contribution in [3.8, 4) is 0 Å². The Balaban J connectivity index is 1.93. The summed E-state index contributed by atoms with van der Waals surface area (Å²) in [5.74, 6) is -0.245. The summed E-state index contributed by atoms with van der Waals surface area (Å²) in [6.07, 6.45) is 2.57. The first-order valence-electron chi connectivity index (χ1n) is 8.75. The number of nitrogens with zero attached hydrogens (tertiary/aromatic N) is 2. The first-order valence-corrected chi connectivity index (χ1v) is 11.8. The standard InChI is InChI=1S/C20H19BrN2O3S2/c1-3-14-7-11-17(12-8-14)28(25,26)22-20-23(4-2)19(24)18(27-20)13-15-5-9-16(21)10-6-15/h5-13H,3-4H2,1-2H3/b18-13-,22-20+. The third-order valence-corrected chi connectivity index (χ3v) is 7.13. The minimum absolute atomic E-state index is 0.117. The van der Waals surface area contributed by atoms with Crippen LogP contribution in [0.4, 0.5) is 0 Å². The highest BCUT2D eigenvalue weighted by Crippen LogP contribution is 2.33. The fourth-order valence-electron chi connectivity index (χ4n) is 2.62. The van der Waals surface area contributed by atoms with E-state index >= 15 is 0 Å². The number of benzene rings is 2. The Morgan fingerprint density at radius 3 is 2.29 bits per heavy atom. The molecule has 0 saturated carbocycles. The predicted molar refractivity (Wildman–Crippen MR) is 118 cm³/mol. The summed E-state index contributed by atoms with van der Waals surface area (Å²) >= 11 is 4.45. The van der Waals surface area contributed by atoms with Crippen LogP contribution in [0.2, 0.25) is 0 Å². The summed E-state index contributed by atoms with van der Waals surface area (Å²) in [4.78, 5) is 14.6. The first-order chi connectivity index (χ1) is 13.3. The van der Waals surface area contributed by atoms with Crippen LogP contribution < -0.4 is 0 Å². The molecule has 0 radical (unpaired) electrons. The van der Waals surface area contributed by atoms with Gasteiger partial charge in [-0.15, -0.1) is 4.40 Å². The molecule has 0 aliphatic carbocycles. The lowest BCUT2D eigenvalue weighted by Crippen LogP contribution is -2.29. The second kappa shape index (κ2) is 8.63. The number of aryl methyl sites for hydroxylation is 1. The lowest BCUT2D eigenvalue weighted by molar-refractivity contribution is -0.122. The number of carbonyl (C=O) groups is 1. The fraction of sp³-hybridized carbons (Fsp3) is 0.200. The number of sulfonamides is 1. The second-order valence-electron chi connectivity index (χ2n) is 6.06. The third kappa shape index (κ3) is 4.56. The topological polar surface area (TPSA) is 66.8 Å². The molecule has 2 aromatic rings. The smallest absolute Gasteiger partial charge is 0.284 e. The summed E-state index contributed by atoms with van der Waals surface area (Å²) < 4.78 is 30.3. The van der Waals surface area contributed by atoms with E-state index in [9.17, 15) is 13.2 Å². The van der Waals surface area contributed by atoms with Gasteiger partial charge < -0.3 is 0 Å². The average molecular weight is 479 g/mol. The molecule has 1 saturated heterocycles.